The maximum Gasteiger partial charge on any atom is 0.331 e. The fraction of sp³-hybridized carbons (Fsp3) is 0.357. The molecule has 0 saturated carbocycles. The third kappa shape index (κ3) is 3.87. The third-order valence-corrected chi connectivity index (χ3v) is 2.79. The summed E-state index contributed by atoms with van der Waals surface area (Å²) in [5, 5.41) is 8.93. The van der Waals surface area contributed by atoms with Crippen molar-refractivity contribution >= 4 is 11.7 Å². The van der Waals surface area contributed by atoms with Gasteiger partial charge in [0, 0.05) is 24.4 Å². The molecule has 0 saturated heterocycles. The molecule has 0 spiro atoms. The molecule has 1 N–H and O–H groups in total. The molecular formula is C14H18FNO2. The molecule has 0 aliphatic carbocycles. The van der Waals surface area contributed by atoms with Crippen LogP contribution in [0.3, 0.4) is 0 Å². The zero-order valence-corrected chi connectivity index (χ0v) is 10.7. The molecule has 1 rings (SSSR count). The number of carboxylic acid groups (broad SMARTS) is 1. The number of halogens is 1. The molecule has 18 heavy (non-hydrogen) atoms. The SMILES string of the molecule is CCC(=CCN(CC)c1ccc(F)cc1)C(=O)O. The monoisotopic (exact) mass is 251 g/mol. The quantitative estimate of drug-likeness (QED) is 0.790. The molecule has 0 fully saturated rings. The Labute approximate surface area is 107 Å². The number of anilines is 1. The first-order chi connectivity index (χ1) is 8.58. The van der Waals surface area contributed by atoms with Crippen LogP contribution in [-0.2, 0) is 4.79 Å². The van der Waals surface area contributed by atoms with Crippen molar-refractivity contribution in [1.29, 1.82) is 0 Å². The number of nitrogens with zero attached hydrogens (tertiary/aromatic N) is 1. The molecule has 4 heteroatoms. The van der Waals surface area contributed by atoms with Gasteiger partial charge in [-0.3, -0.25) is 0 Å². The molecule has 0 bridgehead atoms. The number of carboxylic acids is 1. The topological polar surface area (TPSA) is 40.5 Å². The number of hydrogen-bond acceptors (Lipinski definition) is 2. The highest BCUT2D eigenvalue weighted by Gasteiger charge is 2.06. The van der Waals surface area contributed by atoms with Crippen LogP contribution in [0, 0.1) is 5.82 Å². The van der Waals surface area contributed by atoms with Gasteiger partial charge in [-0.1, -0.05) is 13.0 Å². The van der Waals surface area contributed by atoms with Crippen LogP contribution in [0.4, 0.5) is 10.1 Å². The van der Waals surface area contributed by atoms with E-state index in [0.717, 1.165) is 12.2 Å². The Morgan fingerprint density at radius 2 is 1.94 bits per heavy atom. The van der Waals surface area contributed by atoms with Crippen LogP contribution in [0.25, 0.3) is 0 Å². The first-order valence-corrected chi connectivity index (χ1v) is 6.01. The molecule has 0 aliphatic rings. The number of hydrogen-bond donors (Lipinski definition) is 1. The van der Waals surface area contributed by atoms with E-state index in [0.29, 0.717) is 18.5 Å². The van der Waals surface area contributed by atoms with Crippen LogP contribution in [0.1, 0.15) is 20.3 Å². The largest absolute Gasteiger partial charge is 0.478 e. The molecule has 0 amide bonds. The summed E-state index contributed by atoms with van der Waals surface area (Å²) in [5.41, 5.74) is 1.28. The molecule has 98 valence electrons. The normalized spacial score (nSPS) is 11.4. The second-order valence-corrected chi connectivity index (χ2v) is 3.90. The van der Waals surface area contributed by atoms with Gasteiger partial charge in [0.25, 0.3) is 0 Å². The van der Waals surface area contributed by atoms with Crippen LogP contribution in [0.15, 0.2) is 35.9 Å². The lowest BCUT2D eigenvalue weighted by Crippen LogP contribution is -2.23. The molecule has 0 unspecified atom stereocenters. The van der Waals surface area contributed by atoms with Gasteiger partial charge in [0.2, 0.25) is 0 Å². The molecule has 0 aromatic heterocycles. The molecule has 1 aromatic rings. The summed E-state index contributed by atoms with van der Waals surface area (Å²) in [7, 11) is 0. The van der Waals surface area contributed by atoms with Crippen LogP contribution in [0.5, 0.6) is 0 Å². The predicted octanol–water partition coefficient (Wildman–Crippen LogP) is 3.07. The van der Waals surface area contributed by atoms with Gasteiger partial charge in [-0.05, 0) is 37.6 Å². The molecule has 0 aliphatic heterocycles. The van der Waals surface area contributed by atoms with Crippen molar-refractivity contribution in [3.63, 3.8) is 0 Å². The summed E-state index contributed by atoms with van der Waals surface area (Å²) in [5.74, 6) is -1.15. The maximum absolute atomic E-state index is 12.8. The van der Waals surface area contributed by atoms with E-state index in [9.17, 15) is 9.18 Å². The van der Waals surface area contributed by atoms with Crippen molar-refractivity contribution in [2.75, 3.05) is 18.0 Å². The standard InChI is InChI=1S/C14H18FNO2/c1-3-11(14(17)18)9-10-16(4-2)13-7-5-12(15)6-8-13/h5-9H,3-4,10H2,1-2H3,(H,17,18). The summed E-state index contributed by atoms with van der Waals surface area (Å²) in [4.78, 5) is 12.9. The van der Waals surface area contributed by atoms with Gasteiger partial charge in [-0.25, -0.2) is 9.18 Å². The minimum absolute atomic E-state index is 0.273. The van der Waals surface area contributed by atoms with Gasteiger partial charge in [-0.2, -0.15) is 0 Å². The van der Waals surface area contributed by atoms with E-state index in [4.69, 9.17) is 5.11 Å². The fourth-order valence-electron chi connectivity index (χ4n) is 1.67. The van der Waals surface area contributed by atoms with E-state index >= 15 is 0 Å². The summed E-state index contributed by atoms with van der Waals surface area (Å²) >= 11 is 0. The van der Waals surface area contributed by atoms with E-state index < -0.39 is 5.97 Å². The average Bonchev–Trinajstić information content (AvgIpc) is 2.36. The number of rotatable bonds is 6. The zero-order chi connectivity index (χ0) is 13.5. The van der Waals surface area contributed by atoms with E-state index in [-0.39, 0.29) is 5.82 Å². The minimum Gasteiger partial charge on any atom is -0.478 e. The Morgan fingerprint density at radius 1 is 1.33 bits per heavy atom. The van der Waals surface area contributed by atoms with Crippen molar-refractivity contribution in [1.82, 2.24) is 0 Å². The van der Waals surface area contributed by atoms with Crippen molar-refractivity contribution in [2.45, 2.75) is 20.3 Å². The Kier molecular flexibility index (Phi) is 5.36. The van der Waals surface area contributed by atoms with Gasteiger partial charge >= 0.3 is 5.97 Å². The van der Waals surface area contributed by atoms with Crippen molar-refractivity contribution < 1.29 is 14.3 Å². The van der Waals surface area contributed by atoms with E-state index in [1.165, 1.54) is 12.1 Å². The highest BCUT2D eigenvalue weighted by atomic mass is 19.1. The number of benzene rings is 1. The molecule has 0 heterocycles. The van der Waals surface area contributed by atoms with Crippen molar-refractivity contribution in [3.05, 3.63) is 41.7 Å². The smallest absolute Gasteiger partial charge is 0.331 e. The Hall–Kier alpha value is -1.84. The molecule has 3 nitrogen and oxygen atoms in total. The van der Waals surface area contributed by atoms with Gasteiger partial charge in [-0.15, -0.1) is 0 Å². The van der Waals surface area contributed by atoms with Gasteiger partial charge in [0.15, 0.2) is 0 Å². The van der Waals surface area contributed by atoms with Crippen LogP contribution >= 0.6 is 0 Å². The number of aliphatic carboxylic acids is 1. The first-order valence-electron chi connectivity index (χ1n) is 6.01. The van der Waals surface area contributed by atoms with Crippen molar-refractivity contribution in [3.8, 4) is 0 Å². The summed E-state index contributed by atoms with van der Waals surface area (Å²) in [6, 6.07) is 6.19. The van der Waals surface area contributed by atoms with Gasteiger partial charge in [0.1, 0.15) is 5.82 Å². The lowest BCUT2D eigenvalue weighted by atomic mass is 10.2. The summed E-state index contributed by atoms with van der Waals surface area (Å²) < 4.78 is 12.8. The molecular weight excluding hydrogens is 233 g/mol. The second-order valence-electron chi connectivity index (χ2n) is 3.90. The Bertz CT molecular complexity index is 426. The second kappa shape index (κ2) is 6.79. The highest BCUT2D eigenvalue weighted by Crippen LogP contribution is 2.15. The van der Waals surface area contributed by atoms with Crippen LogP contribution in [0.2, 0.25) is 0 Å². The van der Waals surface area contributed by atoms with Crippen LogP contribution in [-0.4, -0.2) is 24.2 Å². The third-order valence-electron chi connectivity index (χ3n) is 2.79. The number of likely N-dealkylation sites (N-methyl/N-ethyl adjacent to an activating group) is 1. The summed E-state index contributed by atoms with van der Waals surface area (Å²) in [6.07, 6.45) is 2.20. The molecule has 1 aromatic carbocycles. The van der Waals surface area contributed by atoms with Gasteiger partial charge < -0.3 is 10.0 Å². The Balaban J connectivity index is 2.79. The maximum atomic E-state index is 12.8. The predicted molar refractivity (Wildman–Crippen MR) is 70.3 cm³/mol. The van der Waals surface area contributed by atoms with E-state index in [2.05, 4.69) is 0 Å². The Morgan fingerprint density at radius 3 is 2.39 bits per heavy atom. The summed E-state index contributed by atoms with van der Waals surface area (Å²) in [6.45, 7) is 5.04. The lowest BCUT2D eigenvalue weighted by Gasteiger charge is -2.21. The highest BCUT2D eigenvalue weighted by molar-refractivity contribution is 5.86. The number of carbonyl (C=O) groups is 1. The van der Waals surface area contributed by atoms with Crippen LogP contribution < -0.4 is 4.90 Å². The lowest BCUT2D eigenvalue weighted by molar-refractivity contribution is -0.132. The minimum atomic E-state index is -0.882. The molecule has 0 atom stereocenters. The van der Waals surface area contributed by atoms with E-state index in [1.54, 1.807) is 18.2 Å². The van der Waals surface area contributed by atoms with Crippen molar-refractivity contribution in [2.24, 2.45) is 0 Å². The zero-order valence-electron chi connectivity index (χ0n) is 10.7. The average molecular weight is 251 g/mol. The fourth-order valence-corrected chi connectivity index (χ4v) is 1.67. The van der Waals surface area contributed by atoms with Gasteiger partial charge in [0.05, 0.1) is 0 Å². The van der Waals surface area contributed by atoms with E-state index in [1.807, 2.05) is 18.7 Å². The first kappa shape index (κ1) is 14.2. The molecule has 0 radical (unpaired) electrons.